The van der Waals surface area contributed by atoms with Gasteiger partial charge in [0.15, 0.2) is 0 Å². The summed E-state index contributed by atoms with van der Waals surface area (Å²) in [5.41, 5.74) is 4.11. The zero-order chi connectivity index (χ0) is 13.1. The van der Waals surface area contributed by atoms with E-state index in [-0.39, 0.29) is 17.6 Å². The van der Waals surface area contributed by atoms with Crippen molar-refractivity contribution in [1.82, 2.24) is 0 Å². The summed E-state index contributed by atoms with van der Waals surface area (Å²) in [5.74, 6) is 0. The molecule has 3 N–H and O–H groups in total. The Bertz CT molecular complexity index is 181. The van der Waals surface area contributed by atoms with Crippen molar-refractivity contribution < 1.29 is 19.2 Å². The van der Waals surface area contributed by atoms with Gasteiger partial charge in [-0.3, -0.25) is 0 Å². The molecule has 0 aromatic carbocycles. The van der Waals surface area contributed by atoms with E-state index < -0.39 is 7.82 Å². The Labute approximate surface area is 95.8 Å². The molecule has 0 fully saturated rings. The van der Waals surface area contributed by atoms with Gasteiger partial charge in [0.05, 0.1) is 17.6 Å². The Morgan fingerprint density at radius 2 is 1.00 bits per heavy atom. The van der Waals surface area contributed by atoms with Crippen molar-refractivity contribution in [2.24, 2.45) is 0 Å². The summed E-state index contributed by atoms with van der Waals surface area (Å²) in [5, 5.41) is 0. The third-order valence-electron chi connectivity index (χ3n) is 0.943. The number of hydrogen-bond acceptors (Lipinski definition) is 1. The Balaban J connectivity index is -0.000000144. The summed E-state index contributed by atoms with van der Waals surface area (Å²) in [4.78, 5) is 21.6. The maximum Gasteiger partial charge on any atom is 0.466 e. The van der Waals surface area contributed by atoms with E-state index in [4.69, 9.17) is 19.2 Å². The molecule has 0 saturated carbocycles. The zero-order valence-corrected chi connectivity index (χ0v) is 13.1. The highest BCUT2D eigenvalue weighted by Gasteiger charge is 2.00. The third-order valence-corrected chi connectivity index (χ3v) is 2.83. The van der Waals surface area contributed by atoms with E-state index in [0.29, 0.717) is 0 Å². The van der Waals surface area contributed by atoms with E-state index >= 15 is 0 Å². The second-order valence-electron chi connectivity index (χ2n) is 3.47. The minimum absolute atomic E-state index is 0.386. The van der Waals surface area contributed by atoms with Crippen LogP contribution in [0.5, 0.6) is 0 Å². The molecule has 0 heterocycles. The van der Waals surface area contributed by atoms with Gasteiger partial charge in [-0.25, -0.2) is 4.57 Å². The Kier molecular flexibility index (Phi) is 16.5. The van der Waals surface area contributed by atoms with Gasteiger partial charge < -0.3 is 14.7 Å². The van der Waals surface area contributed by atoms with Gasteiger partial charge in [0.2, 0.25) is 0 Å². The summed E-state index contributed by atoms with van der Waals surface area (Å²) < 4.78 is 8.88. The third kappa shape index (κ3) is 125. The van der Waals surface area contributed by atoms with Crippen LogP contribution in [-0.4, -0.2) is 32.3 Å². The van der Waals surface area contributed by atoms with Gasteiger partial charge in [-0.15, -0.1) is 24.6 Å². The molecule has 0 spiro atoms. The lowest BCUT2D eigenvalue weighted by Gasteiger charge is -1.82. The standard InChI is InChI=1S/2C4H10Si.H3O4P/c2*1-4-5(2)3;1-5(2,3)4/h2*4-5H,1H2,2-3H3;(H3,1,2,3,4). The van der Waals surface area contributed by atoms with Crippen molar-refractivity contribution in [3.8, 4) is 0 Å². The normalized spacial score (nSPS) is 9.67. The Hall–Kier alpha value is 0.0238. The van der Waals surface area contributed by atoms with Crippen LogP contribution in [0.4, 0.5) is 0 Å². The van der Waals surface area contributed by atoms with Crippen LogP contribution >= 0.6 is 7.82 Å². The molecular formula is C8H23O4PSi2. The summed E-state index contributed by atoms with van der Waals surface area (Å²) in [6.07, 6.45) is 0. The summed E-state index contributed by atoms with van der Waals surface area (Å²) in [6.45, 7) is 16.2. The van der Waals surface area contributed by atoms with Gasteiger partial charge >= 0.3 is 7.82 Å². The van der Waals surface area contributed by atoms with Crippen LogP contribution in [0.3, 0.4) is 0 Å². The second kappa shape index (κ2) is 12.1. The molecule has 0 unspecified atom stereocenters. The summed E-state index contributed by atoms with van der Waals surface area (Å²) in [7, 11) is -5.41. The van der Waals surface area contributed by atoms with Crippen molar-refractivity contribution in [3.05, 3.63) is 24.6 Å². The quantitative estimate of drug-likeness (QED) is 0.524. The van der Waals surface area contributed by atoms with Crippen molar-refractivity contribution >= 4 is 25.4 Å². The maximum atomic E-state index is 8.88. The average molecular weight is 270 g/mol. The highest BCUT2D eigenvalue weighted by Crippen LogP contribution is 2.25. The fraction of sp³-hybridized carbons (Fsp3) is 0.500. The van der Waals surface area contributed by atoms with Crippen molar-refractivity contribution in [2.75, 3.05) is 0 Å². The molecule has 0 bridgehead atoms. The van der Waals surface area contributed by atoms with Crippen molar-refractivity contribution in [2.45, 2.75) is 26.2 Å². The predicted octanol–water partition coefficient (Wildman–Crippen LogP) is 1.47. The fourth-order valence-electron chi connectivity index (χ4n) is 0. The molecule has 0 rings (SSSR count). The molecule has 92 valence electrons. The van der Waals surface area contributed by atoms with Gasteiger partial charge in [0, 0.05) is 0 Å². The first kappa shape index (κ1) is 20.4. The highest BCUT2D eigenvalue weighted by atomic mass is 31.2. The largest absolute Gasteiger partial charge is 0.466 e. The van der Waals surface area contributed by atoms with Gasteiger partial charge in [0.1, 0.15) is 0 Å². The van der Waals surface area contributed by atoms with Crippen LogP contribution in [-0.2, 0) is 4.57 Å². The topological polar surface area (TPSA) is 77.8 Å². The molecule has 0 aliphatic carbocycles. The lowest BCUT2D eigenvalue weighted by atomic mass is 11.3. The summed E-state index contributed by atoms with van der Waals surface area (Å²) >= 11 is 0. The second-order valence-corrected chi connectivity index (χ2v) is 10.4. The van der Waals surface area contributed by atoms with E-state index in [1.54, 1.807) is 0 Å². The molecule has 4 nitrogen and oxygen atoms in total. The van der Waals surface area contributed by atoms with Crippen LogP contribution in [0.2, 0.25) is 26.2 Å². The molecular weight excluding hydrogens is 247 g/mol. The SMILES string of the molecule is C=C[SiH](C)C.C=C[SiH](C)C.O=P(O)(O)O. The van der Waals surface area contributed by atoms with Crippen LogP contribution in [0.15, 0.2) is 24.6 Å². The molecule has 0 aliphatic heterocycles. The molecule has 0 amide bonds. The lowest BCUT2D eigenvalue weighted by molar-refractivity contribution is 0.275. The van der Waals surface area contributed by atoms with Crippen LogP contribution in [0.1, 0.15) is 0 Å². The monoisotopic (exact) mass is 270 g/mol. The van der Waals surface area contributed by atoms with E-state index in [1.165, 1.54) is 0 Å². The van der Waals surface area contributed by atoms with Crippen molar-refractivity contribution in [1.29, 1.82) is 0 Å². The van der Waals surface area contributed by atoms with E-state index in [9.17, 15) is 0 Å². The number of hydrogen-bond donors (Lipinski definition) is 3. The van der Waals surface area contributed by atoms with Gasteiger partial charge in [-0.05, 0) is 0 Å². The van der Waals surface area contributed by atoms with E-state index in [2.05, 4.69) is 50.7 Å². The molecule has 0 aliphatic rings. The highest BCUT2D eigenvalue weighted by molar-refractivity contribution is 7.45. The first-order valence-corrected chi connectivity index (χ1v) is 12.1. The molecule has 0 radical (unpaired) electrons. The van der Waals surface area contributed by atoms with Gasteiger partial charge in [-0.2, -0.15) is 0 Å². The Morgan fingerprint density at radius 3 is 1.00 bits per heavy atom. The fourth-order valence-corrected chi connectivity index (χ4v) is 0. The molecule has 0 saturated heterocycles. The molecule has 7 heteroatoms. The molecule has 0 aromatic rings. The van der Waals surface area contributed by atoms with Crippen LogP contribution in [0, 0.1) is 0 Å². The lowest BCUT2D eigenvalue weighted by Crippen LogP contribution is -1.89. The van der Waals surface area contributed by atoms with E-state index in [1.807, 2.05) is 0 Å². The number of rotatable bonds is 2. The minimum Gasteiger partial charge on any atom is -0.303 e. The minimum atomic E-state index is -4.64. The predicted molar refractivity (Wildman–Crippen MR) is 72.4 cm³/mol. The Morgan fingerprint density at radius 1 is 0.933 bits per heavy atom. The van der Waals surface area contributed by atoms with Crippen LogP contribution in [0.25, 0.3) is 0 Å². The molecule has 15 heavy (non-hydrogen) atoms. The maximum absolute atomic E-state index is 8.88. The summed E-state index contributed by atoms with van der Waals surface area (Å²) in [6, 6.07) is 0. The molecule has 0 aromatic heterocycles. The van der Waals surface area contributed by atoms with E-state index in [0.717, 1.165) is 0 Å². The average Bonchev–Trinajstić information content (AvgIpc) is 2.02. The smallest absolute Gasteiger partial charge is 0.303 e. The van der Waals surface area contributed by atoms with Gasteiger partial charge in [0.25, 0.3) is 0 Å². The van der Waals surface area contributed by atoms with Gasteiger partial charge in [-0.1, -0.05) is 26.2 Å². The first-order valence-electron chi connectivity index (χ1n) is 4.58. The number of phosphoric acid groups is 1. The van der Waals surface area contributed by atoms with Crippen LogP contribution < -0.4 is 0 Å². The zero-order valence-electron chi connectivity index (χ0n) is 9.92. The molecule has 0 atom stereocenters. The van der Waals surface area contributed by atoms with Crippen molar-refractivity contribution in [3.63, 3.8) is 0 Å². The first-order chi connectivity index (χ1) is 6.54.